The highest BCUT2D eigenvalue weighted by atomic mass is 32.2. The highest BCUT2D eigenvalue weighted by molar-refractivity contribution is 7.90. The second-order valence-corrected chi connectivity index (χ2v) is 7.64. The Bertz CT molecular complexity index is 560. The van der Waals surface area contributed by atoms with Crippen molar-refractivity contribution in [1.29, 1.82) is 0 Å². The van der Waals surface area contributed by atoms with Crippen LogP contribution in [0.15, 0.2) is 17.5 Å². The van der Waals surface area contributed by atoms with Crippen LogP contribution in [0, 0.1) is 0 Å². The van der Waals surface area contributed by atoms with Crippen molar-refractivity contribution in [3.05, 3.63) is 28.0 Å². The number of hydrogen-bond acceptors (Lipinski definition) is 5. The fraction of sp³-hybridized carbons (Fsp3) is 0.417. The summed E-state index contributed by atoms with van der Waals surface area (Å²) in [4.78, 5) is 13.4. The van der Waals surface area contributed by atoms with Crippen molar-refractivity contribution < 1.29 is 18.3 Å². The van der Waals surface area contributed by atoms with Gasteiger partial charge in [0.2, 0.25) is 0 Å². The van der Waals surface area contributed by atoms with Gasteiger partial charge in [0.15, 0.2) is 0 Å². The molecule has 19 heavy (non-hydrogen) atoms. The summed E-state index contributed by atoms with van der Waals surface area (Å²) in [5, 5.41) is 10.4. The lowest BCUT2D eigenvalue weighted by atomic mass is 10.3. The van der Waals surface area contributed by atoms with E-state index in [2.05, 4.69) is 0 Å². The number of carboxylic acids is 1. The third-order valence-electron chi connectivity index (χ3n) is 2.36. The van der Waals surface area contributed by atoms with Gasteiger partial charge in [0, 0.05) is 30.3 Å². The van der Waals surface area contributed by atoms with Crippen molar-refractivity contribution >= 4 is 33.2 Å². The van der Waals surface area contributed by atoms with Crippen molar-refractivity contribution in [3.63, 3.8) is 0 Å². The maximum Gasteiger partial charge on any atom is 0.328 e. The predicted octanol–water partition coefficient (Wildman–Crippen LogP) is 1.32. The van der Waals surface area contributed by atoms with Gasteiger partial charge < -0.3 is 10.0 Å². The number of carboxylic acid groups (broad SMARTS) is 1. The first-order valence-electron chi connectivity index (χ1n) is 5.61. The topological polar surface area (TPSA) is 74.7 Å². The highest BCUT2D eigenvalue weighted by Gasteiger charge is 2.07. The Hall–Kier alpha value is -1.18. The summed E-state index contributed by atoms with van der Waals surface area (Å²) in [6.07, 6.45) is 3.86. The Morgan fingerprint density at radius 1 is 1.53 bits per heavy atom. The third kappa shape index (κ3) is 7.09. The van der Waals surface area contributed by atoms with Crippen LogP contribution < -0.4 is 0 Å². The van der Waals surface area contributed by atoms with Crippen molar-refractivity contribution in [2.75, 3.05) is 25.6 Å². The normalized spacial score (nSPS) is 12.4. The Morgan fingerprint density at radius 2 is 2.21 bits per heavy atom. The van der Waals surface area contributed by atoms with Crippen LogP contribution in [0.3, 0.4) is 0 Å². The van der Waals surface area contributed by atoms with E-state index in [1.807, 2.05) is 23.4 Å². The van der Waals surface area contributed by atoms with E-state index in [0.29, 0.717) is 13.1 Å². The summed E-state index contributed by atoms with van der Waals surface area (Å²) in [6.45, 7) is 1.14. The van der Waals surface area contributed by atoms with Crippen molar-refractivity contribution in [2.45, 2.75) is 6.54 Å². The van der Waals surface area contributed by atoms with E-state index in [1.165, 1.54) is 17.6 Å². The molecule has 1 rings (SSSR count). The van der Waals surface area contributed by atoms with Crippen LogP contribution >= 0.6 is 11.3 Å². The van der Waals surface area contributed by atoms with E-state index in [-0.39, 0.29) is 5.75 Å². The van der Waals surface area contributed by atoms with Crippen LogP contribution in [0.25, 0.3) is 6.08 Å². The van der Waals surface area contributed by atoms with Gasteiger partial charge in [-0.25, -0.2) is 13.2 Å². The zero-order valence-electron chi connectivity index (χ0n) is 10.9. The van der Waals surface area contributed by atoms with Crippen LogP contribution in [-0.2, 0) is 21.2 Å². The fourth-order valence-corrected chi connectivity index (χ4v) is 2.98. The van der Waals surface area contributed by atoms with Gasteiger partial charge in [-0.15, -0.1) is 11.3 Å². The number of rotatable bonds is 7. The summed E-state index contributed by atoms with van der Waals surface area (Å²) in [5.74, 6) is -0.835. The van der Waals surface area contributed by atoms with E-state index < -0.39 is 15.8 Å². The first kappa shape index (κ1) is 15.9. The summed E-state index contributed by atoms with van der Waals surface area (Å²) >= 11 is 1.53. The predicted molar refractivity (Wildman–Crippen MR) is 77.0 cm³/mol. The van der Waals surface area contributed by atoms with E-state index in [4.69, 9.17) is 5.11 Å². The number of hydrogen-bond donors (Lipinski definition) is 1. The van der Waals surface area contributed by atoms with Crippen molar-refractivity contribution in [1.82, 2.24) is 4.90 Å². The lowest BCUT2D eigenvalue weighted by molar-refractivity contribution is -0.131. The molecule has 0 saturated carbocycles. The molecule has 0 amide bonds. The summed E-state index contributed by atoms with van der Waals surface area (Å²) in [6, 6.07) is 1.90. The van der Waals surface area contributed by atoms with E-state index >= 15 is 0 Å². The molecule has 0 aliphatic heterocycles. The lowest BCUT2D eigenvalue weighted by Crippen LogP contribution is -2.24. The van der Waals surface area contributed by atoms with Gasteiger partial charge in [0.25, 0.3) is 0 Å². The van der Waals surface area contributed by atoms with Gasteiger partial charge in [-0.1, -0.05) is 0 Å². The van der Waals surface area contributed by atoms with Gasteiger partial charge in [0.05, 0.1) is 5.75 Å². The quantitative estimate of drug-likeness (QED) is 0.769. The minimum atomic E-state index is -2.94. The molecule has 1 heterocycles. The first-order chi connectivity index (χ1) is 8.76. The number of thiophene rings is 1. The molecular weight excluding hydrogens is 286 g/mol. The largest absolute Gasteiger partial charge is 0.478 e. The Labute approximate surface area is 117 Å². The standard InChI is InChI=1S/C12H17NO4S2/c1-13(5-6-19(2,16)17)8-11-7-10(9-18-11)3-4-12(14)15/h3-4,7,9H,5-6,8H2,1-2H3,(H,14,15). The zero-order valence-corrected chi connectivity index (χ0v) is 12.5. The zero-order chi connectivity index (χ0) is 14.5. The summed E-state index contributed by atoms with van der Waals surface area (Å²) < 4.78 is 22.1. The molecule has 0 atom stereocenters. The van der Waals surface area contributed by atoms with Crippen molar-refractivity contribution in [3.8, 4) is 0 Å². The molecule has 7 heteroatoms. The van der Waals surface area contributed by atoms with Gasteiger partial charge in [-0.2, -0.15) is 0 Å². The highest BCUT2D eigenvalue weighted by Crippen LogP contribution is 2.17. The SMILES string of the molecule is CN(CCS(C)(=O)=O)Cc1cc(C=CC(=O)O)cs1. The Balaban J connectivity index is 2.51. The monoisotopic (exact) mass is 303 g/mol. The second kappa shape index (κ2) is 6.83. The Morgan fingerprint density at radius 3 is 2.79 bits per heavy atom. The number of aliphatic carboxylic acids is 1. The molecule has 1 aromatic heterocycles. The van der Waals surface area contributed by atoms with Crippen LogP contribution in [0.1, 0.15) is 10.4 Å². The summed E-state index contributed by atoms with van der Waals surface area (Å²) in [5.41, 5.74) is 0.846. The maximum atomic E-state index is 11.1. The molecule has 0 unspecified atom stereocenters. The molecule has 0 saturated heterocycles. The number of sulfone groups is 1. The van der Waals surface area contributed by atoms with Gasteiger partial charge in [-0.05, 0) is 30.1 Å². The average molecular weight is 303 g/mol. The maximum absolute atomic E-state index is 11.1. The van der Waals surface area contributed by atoms with Crippen molar-refractivity contribution in [2.24, 2.45) is 0 Å². The smallest absolute Gasteiger partial charge is 0.328 e. The van der Waals surface area contributed by atoms with Crippen LogP contribution in [0.5, 0.6) is 0 Å². The Kier molecular flexibility index (Phi) is 5.71. The van der Waals surface area contributed by atoms with Gasteiger partial charge in [-0.3, -0.25) is 0 Å². The molecule has 1 aromatic rings. The van der Waals surface area contributed by atoms with E-state index in [1.54, 1.807) is 6.08 Å². The van der Waals surface area contributed by atoms with E-state index in [0.717, 1.165) is 16.5 Å². The minimum absolute atomic E-state index is 0.140. The van der Waals surface area contributed by atoms with Gasteiger partial charge in [0.1, 0.15) is 9.84 Å². The molecule has 106 valence electrons. The van der Waals surface area contributed by atoms with Crippen LogP contribution in [0.4, 0.5) is 0 Å². The molecule has 0 bridgehead atoms. The van der Waals surface area contributed by atoms with Gasteiger partial charge >= 0.3 is 5.97 Å². The average Bonchev–Trinajstić information content (AvgIpc) is 2.70. The molecule has 0 fully saturated rings. The molecule has 0 spiro atoms. The molecule has 0 aliphatic rings. The number of nitrogens with zero attached hydrogens (tertiary/aromatic N) is 1. The van der Waals surface area contributed by atoms with E-state index in [9.17, 15) is 13.2 Å². The minimum Gasteiger partial charge on any atom is -0.478 e. The second-order valence-electron chi connectivity index (χ2n) is 4.39. The van der Waals surface area contributed by atoms with Crippen LogP contribution in [-0.4, -0.2) is 50.0 Å². The molecule has 0 aliphatic carbocycles. The number of carbonyl (C=O) groups is 1. The lowest BCUT2D eigenvalue weighted by Gasteiger charge is -2.14. The summed E-state index contributed by atoms with van der Waals surface area (Å²) in [7, 11) is -1.08. The molecular formula is C12H17NO4S2. The first-order valence-corrected chi connectivity index (χ1v) is 8.55. The molecule has 0 aromatic carbocycles. The fourth-order valence-electron chi connectivity index (χ4n) is 1.40. The van der Waals surface area contributed by atoms with Crippen LogP contribution in [0.2, 0.25) is 0 Å². The molecule has 0 radical (unpaired) electrons. The molecule has 5 nitrogen and oxygen atoms in total. The third-order valence-corrected chi connectivity index (χ3v) is 4.23. The molecule has 1 N–H and O–H groups in total.